The minimum Gasteiger partial charge on any atom is -0.396 e. The summed E-state index contributed by atoms with van der Waals surface area (Å²) in [7, 11) is 0. The Labute approximate surface area is 73.6 Å². The zero-order valence-corrected chi connectivity index (χ0v) is 7.88. The third kappa shape index (κ3) is 0.728. The monoisotopic (exact) mass is 170 g/mol. The van der Waals surface area contributed by atoms with Gasteiger partial charge in [-0.25, -0.2) is 0 Å². The first-order valence-electron chi connectivity index (χ1n) is 4.85. The summed E-state index contributed by atoms with van der Waals surface area (Å²) in [5, 5.41) is 19.4. The Hall–Kier alpha value is -0.0800. The van der Waals surface area contributed by atoms with Crippen molar-refractivity contribution in [2.75, 3.05) is 6.61 Å². The summed E-state index contributed by atoms with van der Waals surface area (Å²) < 4.78 is 0. The summed E-state index contributed by atoms with van der Waals surface area (Å²) in [4.78, 5) is 0. The van der Waals surface area contributed by atoms with Gasteiger partial charge in [0, 0.05) is 12.5 Å². The Kier molecular flexibility index (Phi) is 1.59. The van der Waals surface area contributed by atoms with Crippen molar-refractivity contribution in [3.8, 4) is 0 Å². The highest BCUT2D eigenvalue weighted by molar-refractivity contribution is 5.14. The van der Waals surface area contributed by atoms with Crippen LogP contribution in [0.1, 0.15) is 33.1 Å². The van der Waals surface area contributed by atoms with Crippen molar-refractivity contribution < 1.29 is 10.2 Å². The number of rotatable bonds is 1. The van der Waals surface area contributed by atoms with E-state index in [1.807, 2.05) is 0 Å². The van der Waals surface area contributed by atoms with Crippen LogP contribution in [0.3, 0.4) is 0 Å². The van der Waals surface area contributed by atoms with Crippen molar-refractivity contribution in [2.24, 2.45) is 17.3 Å². The van der Waals surface area contributed by atoms with Gasteiger partial charge in [0.15, 0.2) is 0 Å². The summed E-state index contributed by atoms with van der Waals surface area (Å²) in [5.41, 5.74) is -0.524. The molecule has 0 aromatic carbocycles. The zero-order valence-electron chi connectivity index (χ0n) is 7.88. The lowest BCUT2D eigenvalue weighted by Crippen LogP contribution is -2.68. The van der Waals surface area contributed by atoms with E-state index in [4.69, 9.17) is 5.11 Å². The van der Waals surface area contributed by atoms with Crippen LogP contribution in [0, 0.1) is 17.3 Å². The topological polar surface area (TPSA) is 40.5 Å². The van der Waals surface area contributed by atoms with Crippen LogP contribution in [0.2, 0.25) is 0 Å². The molecule has 0 aliphatic heterocycles. The van der Waals surface area contributed by atoms with Gasteiger partial charge in [-0.05, 0) is 30.6 Å². The molecule has 3 saturated carbocycles. The Bertz CT molecular complexity index is 200. The van der Waals surface area contributed by atoms with Crippen molar-refractivity contribution in [3.63, 3.8) is 0 Å². The van der Waals surface area contributed by atoms with E-state index in [1.54, 1.807) is 0 Å². The fraction of sp³-hybridized carbons (Fsp3) is 1.00. The lowest BCUT2D eigenvalue weighted by Gasteiger charge is -2.65. The van der Waals surface area contributed by atoms with Gasteiger partial charge in [0.05, 0.1) is 5.60 Å². The summed E-state index contributed by atoms with van der Waals surface area (Å²) >= 11 is 0. The van der Waals surface area contributed by atoms with Crippen LogP contribution in [-0.2, 0) is 0 Å². The Balaban J connectivity index is 2.24. The minimum atomic E-state index is -0.565. The van der Waals surface area contributed by atoms with Crippen LogP contribution >= 0.6 is 0 Å². The van der Waals surface area contributed by atoms with Crippen molar-refractivity contribution >= 4 is 0 Å². The molecular formula is C10H18O2. The highest BCUT2D eigenvalue weighted by Crippen LogP contribution is 2.63. The van der Waals surface area contributed by atoms with Gasteiger partial charge in [-0.15, -0.1) is 0 Å². The predicted molar refractivity (Wildman–Crippen MR) is 46.6 cm³/mol. The number of hydrogen-bond donors (Lipinski definition) is 2. The van der Waals surface area contributed by atoms with Gasteiger partial charge in [-0.1, -0.05) is 13.8 Å². The molecule has 0 radical (unpaired) electrons. The molecule has 1 unspecified atom stereocenters. The van der Waals surface area contributed by atoms with E-state index >= 15 is 0 Å². The third-order valence-electron chi connectivity index (χ3n) is 4.45. The van der Waals surface area contributed by atoms with Crippen LogP contribution in [0.15, 0.2) is 0 Å². The molecular weight excluding hydrogens is 152 g/mol. The second-order valence-electron chi connectivity index (χ2n) is 5.00. The lowest BCUT2D eigenvalue weighted by molar-refractivity contribution is -0.261. The predicted octanol–water partition coefficient (Wildman–Crippen LogP) is 1.17. The molecule has 2 heteroatoms. The first-order chi connectivity index (χ1) is 5.52. The first-order valence-corrected chi connectivity index (χ1v) is 4.85. The van der Waals surface area contributed by atoms with E-state index in [0.29, 0.717) is 5.92 Å². The minimum absolute atomic E-state index is 0.0403. The number of aliphatic hydroxyl groups is 2. The first kappa shape index (κ1) is 8.52. The molecule has 2 nitrogen and oxygen atoms in total. The van der Waals surface area contributed by atoms with E-state index in [0.717, 1.165) is 12.8 Å². The van der Waals surface area contributed by atoms with E-state index in [2.05, 4.69) is 13.8 Å². The molecule has 2 bridgehead atoms. The fourth-order valence-electron chi connectivity index (χ4n) is 3.16. The molecule has 3 fully saturated rings. The molecule has 3 rings (SSSR count). The third-order valence-corrected chi connectivity index (χ3v) is 4.45. The van der Waals surface area contributed by atoms with Crippen LogP contribution in [0.4, 0.5) is 0 Å². The highest BCUT2D eigenvalue weighted by Gasteiger charge is 2.64. The van der Waals surface area contributed by atoms with Gasteiger partial charge in [0.25, 0.3) is 0 Å². The quantitative estimate of drug-likeness (QED) is 0.620. The molecule has 0 saturated heterocycles. The molecule has 2 N–H and O–H groups in total. The molecule has 0 amide bonds. The van der Waals surface area contributed by atoms with Crippen LogP contribution in [-0.4, -0.2) is 22.4 Å². The molecule has 3 atom stereocenters. The van der Waals surface area contributed by atoms with Crippen LogP contribution in [0.25, 0.3) is 0 Å². The highest BCUT2D eigenvalue weighted by atomic mass is 16.3. The van der Waals surface area contributed by atoms with Crippen LogP contribution < -0.4 is 0 Å². The Morgan fingerprint density at radius 2 is 2.00 bits per heavy atom. The summed E-state index contributed by atoms with van der Waals surface area (Å²) in [6, 6.07) is 0. The maximum atomic E-state index is 10.3. The molecule has 3 aliphatic rings. The second-order valence-corrected chi connectivity index (χ2v) is 5.00. The normalized spacial score (nSPS) is 50.0. The molecule has 0 aromatic heterocycles. The molecule has 0 heterocycles. The molecule has 3 aliphatic carbocycles. The molecule has 0 spiro atoms. The van der Waals surface area contributed by atoms with Gasteiger partial charge >= 0.3 is 0 Å². The maximum absolute atomic E-state index is 10.3. The number of hydrogen-bond acceptors (Lipinski definition) is 2. The largest absolute Gasteiger partial charge is 0.396 e. The standard InChI is InChI=1S/C10H18O2/c1-9(2)7-3-4-8(6-11)10(9,12)5-7/h7-8,11-12H,3-6H2,1-2H3/t7-,8?,10-/m1/s1. The van der Waals surface area contributed by atoms with Crippen LogP contribution in [0.5, 0.6) is 0 Å². The Morgan fingerprint density at radius 3 is 2.42 bits per heavy atom. The molecule has 0 aromatic rings. The molecule has 70 valence electrons. The van der Waals surface area contributed by atoms with Gasteiger partial charge in [-0.3, -0.25) is 0 Å². The summed E-state index contributed by atoms with van der Waals surface area (Å²) in [6.07, 6.45) is 3.09. The summed E-state index contributed by atoms with van der Waals surface area (Å²) in [5.74, 6) is 0.808. The van der Waals surface area contributed by atoms with Crippen molar-refractivity contribution in [3.05, 3.63) is 0 Å². The maximum Gasteiger partial charge on any atom is 0.0753 e. The smallest absolute Gasteiger partial charge is 0.0753 e. The van der Waals surface area contributed by atoms with Crippen molar-refractivity contribution in [1.29, 1.82) is 0 Å². The number of fused-ring (bicyclic) bond motifs is 2. The zero-order chi connectivity index (χ0) is 8.98. The summed E-state index contributed by atoms with van der Waals surface area (Å²) in [6.45, 7) is 4.40. The average Bonchev–Trinajstić information content (AvgIpc) is 2.04. The Morgan fingerprint density at radius 1 is 1.33 bits per heavy atom. The van der Waals surface area contributed by atoms with Gasteiger partial charge < -0.3 is 10.2 Å². The van der Waals surface area contributed by atoms with Gasteiger partial charge in [-0.2, -0.15) is 0 Å². The van der Waals surface area contributed by atoms with Crippen molar-refractivity contribution in [2.45, 2.75) is 38.7 Å². The fourth-order valence-corrected chi connectivity index (χ4v) is 3.16. The average molecular weight is 170 g/mol. The van der Waals surface area contributed by atoms with Crippen molar-refractivity contribution in [1.82, 2.24) is 0 Å². The van der Waals surface area contributed by atoms with E-state index in [9.17, 15) is 5.11 Å². The molecule has 12 heavy (non-hydrogen) atoms. The van der Waals surface area contributed by atoms with E-state index < -0.39 is 5.60 Å². The SMILES string of the molecule is CC1(C)[C@@H]2CCC(CO)[C@]1(O)C2. The lowest BCUT2D eigenvalue weighted by atomic mass is 9.43. The van der Waals surface area contributed by atoms with E-state index in [-0.39, 0.29) is 17.9 Å². The number of aliphatic hydroxyl groups excluding tert-OH is 1. The second kappa shape index (κ2) is 2.24. The van der Waals surface area contributed by atoms with E-state index in [1.165, 1.54) is 6.42 Å². The van der Waals surface area contributed by atoms with Gasteiger partial charge in [0.1, 0.15) is 0 Å². The van der Waals surface area contributed by atoms with Gasteiger partial charge in [0.2, 0.25) is 0 Å².